The van der Waals surface area contributed by atoms with Gasteiger partial charge in [-0.2, -0.15) is 15.0 Å². The molecule has 73 heavy (non-hydrogen) atoms. The first-order chi connectivity index (χ1) is 36.1. The molecule has 12 aromatic rings. The van der Waals surface area contributed by atoms with Gasteiger partial charge in [-0.1, -0.05) is 159 Å². The first kappa shape index (κ1) is 43.5. The second-order valence-corrected chi connectivity index (χ2v) is 23.1. The lowest BCUT2D eigenvalue weighted by molar-refractivity contribution is 0.295. The number of benzene rings is 9. The predicted octanol–water partition coefficient (Wildman–Crippen LogP) is 16.8. The van der Waals surface area contributed by atoms with Crippen LogP contribution in [-0.2, 0) is 0 Å². The Bertz CT molecular complexity index is 3900. The van der Waals surface area contributed by atoms with Gasteiger partial charge in [-0.25, -0.2) is 0 Å². The van der Waals surface area contributed by atoms with Crippen molar-refractivity contribution in [3.8, 4) is 34.4 Å². The largest absolute Gasteiger partial charge is 0.368 e. The average molecular weight is 963 g/mol. The second-order valence-electron chi connectivity index (χ2n) is 20.0. The normalized spacial score (nSPS) is 17.0. The van der Waals surface area contributed by atoms with Gasteiger partial charge >= 0.3 is 0 Å². The van der Waals surface area contributed by atoms with E-state index in [9.17, 15) is 0 Å². The summed E-state index contributed by atoms with van der Waals surface area (Å²) in [6, 6.07) is 84.6. The highest BCUT2D eigenvalue weighted by Gasteiger charge is 2.39. The Kier molecular flexibility index (Phi) is 10.6. The Balaban J connectivity index is 1.03. The van der Waals surface area contributed by atoms with Gasteiger partial charge in [0.2, 0.25) is 11.9 Å². The molecule has 1 saturated heterocycles. The fourth-order valence-corrected chi connectivity index (χ4v) is 16.5. The number of nitrogens with zero attached hydrogens (tertiary/aromatic N) is 6. The molecule has 2 bridgehead atoms. The molecular formula is C66H54N6S. The zero-order valence-corrected chi connectivity index (χ0v) is 41.6. The van der Waals surface area contributed by atoms with Crippen molar-refractivity contribution in [3.05, 3.63) is 231 Å². The Morgan fingerprint density at radius 3 is 1.59 bits per heavy atom. The molecule has 2 fully saturated rings. The summed E-state index contributed by atoms with van der Waals surface area (Å²) < 4.78 is 4.55. The maximum absolute atomic E-state index is 5.64. The van der Waals surface area contributed by atoms with Gasteiger partial charge in [-0.15, -0.1) is 10.0 Å². The van der Waals surface area contributed by atoms with Crippen molar-refractivity contribution in [2.45, 2.75) is 58.2 Å². The van der Waals surface area contributed by atoms with E-state index in [1.165, 1.54) is 72.9 Å². The molecule has 3 unspecified atom stereocenters. The molecule has 1 aliphatic carbocycles. The van der Waals surface area contributed by atoms with Crippen LogP contribution in [0.1, 0.15) is 32.6 Å². The third-order valence-corrected chi connectivity index (χ3v) is 19.8. The number of anilines is 1. The Morgan fingerprint density at radius 2 is 0.945 bits per heavy atom. The van der Waals surface area contributed by atoms with Crippen molar-refractivity contribution in [3.63, 3.8) is 0 Å². The van der Waals surface area contributed by atoms with Gasteiger partial charge in [0.15, 0.2) is 5.82 Å². The minimum absolute atomic E-state index is 0.566. The zero-order valence-electron chi connectivity index (χ0n) is 40.8. The first-order valence-electron chi connectivity index (χ1n) is 25.9. The van der Waals surface area contributed by atoms with Crippen molar-refractivity contribution in [2.75, 3.05) is 11.4 Å². The van der Waals surface area contributed by atoms with Gasteiger partial charge in [0.05, 0.1) is 22.1 Å². The molecule has 4 heterocycles. The highest BCUT2D eigenvalue weighted by molar-refractivity contribution is 8.34. The van der Waals surface area contributed by atoms with Gasteiger partial charge in [0, 0.05) is 65.0 Å². The third-order valence-electron chi connectivity index (χ3n) is 15.9. The summed E-state index contributed by atoms with van der Waals surface area (Å²) in [7, 11) is -2.00. The van der Waals surface area contributed by atoms with Gasteiger partial charge in [0.25, 0.3) is 0 Å². The third kappa shape index (κ3) is 7.20. The fourth-order valence-electron chi connectivity index (χ4n) is 12.6. The van der Waals surface area contributed by atoms with Crippen LogP contribution in [0, 0.1) is 11.8 Å². The summed E-state index contributed by atoms with van der Waals surface area (Å²) in [5.41, 5.74) is 8.78. The van der Waals surface area contributed by atoms with E-state index in [0.717, 1.165) is 56.8 Å². The van der Waals surface area contributed by atoms with Crippen LogP contribution in [-0.4, -0.2) is 36.7 Å². The molecule has 354 valence electrons. The molecule has 1 aliphatic heterocycles. The molecule has 14 rings (SSSR count). The van der Waals surface area contributed by atoms with Gasteiger partial charge in [-0.3, -0.25) is 9.13 Å². The van der Waals surface area contributed by atoms with E-state index >= 15 is 0 Å². The molecule has 0 radical (unpaired) electrons. The Labute approximate surface area is 427 Å². The van der Waals surface area contributed by atoms with Crippen LogP contribution in [0.15, 0.2) is 250 Å². The highest BCUT2D eigenvalue weighted by Crippen LogP contribution is 2.73. The molecule has 0 amide bonds. The fraction of sp³-hybridized carbons (Fsp3) is 0.136. The van der Waals surface area contributed by atoms with Crippen LogP contribution >= 0.6 is 10.0 Å². The SMILES string of the molecule is CCC1CC2CC(C1)N(c1ccc3c4ccccc4n(-c4nc(-c5cccc(S(c6ccccc6)(c6ccccc6)c6ccccc6)c5)nc(-n5c6ccccc6c6cc(-c7ccccc7)ccc65)n4)c3c1)C2. The van der Waals surface area contributed by atoms with E-state index in [1.807, 2.05) is 0 Å². The van der Waals surface area contributed by atoms with Crippen LogP contribution in [0.25, 0.3) is 78.0 Å². The number of para-hydroxylation sites is 2. The topological polar surface area (TPSA) is 51.8 Å². The molecule has 3 aromatic heterocycles. The summed E-state index contributed by atoms with van der Waals surface area (Å²) >= 11 is 0. The molecule has 1 saturated carbocycles. The monoisotopic (exact) mass is 962 g/mol. The standard InChI is InChI=1S/C66H54N6S/c1-2-45-38-46-40-51(39-45)70(44-46)50-35-36-58-56-30-15-17-32-60(56)72(63(58)43-50)66-68-64(67-65(69-66)71-61-33-18-16-31-57(61)59-42-48(34-37-62(59)71)47-20-7-3-8-21-47)49-22-19-29-55(41-49)73(52-23-9-4-10-24-52,53-25-11-5-12-26-53)54-27-13-6-14-28-54/h3-37,41-43,45-46,51H,2,38-40,44H2,1H3. The van der Waals surface area contributed by atoms with Crippen molar-refractivity contribution < 1.29 is 0 Å². The first-order valence-corrected chi connectivity index (χ1v) is 27.5. The summed E-state index contributed by atoms with van der Waals surface area (Å²) in [5, 5.41) is 4.65. The minimum Gasteiger partial charge on any atom is -0.368 e. The van der Waals surface area contributed by atoms with E-state index in [0.29, 0.717) is 23.8 Å². The van der Waals surface area contributed by atoms with Crippen molar-refractivity contribution >= 4 is 59.3 Å². The summed E-state index contributed by atoms with van der Waals surface area (Å²) in [6.07, 6.45) is 5.14. The van der Waals surface area contributed by atoms with Crippen LogP contribution in [0.5, 0.6) is 0 Å². The number of hydrogen-bond acceptors (Lipinski definition) is 4. The summed E-state index contributed by atoms with van der Waals surface area (Å²) in [5.74, 6) is 3.31. The quantitative estimate of drug-likeness (QED) is 0.137. The van der Waals surface area contributed by atoms with Gasteiger partial charge in [0.1, 0.15) is 0 Å². The van der Waals surface area contributed by atoms with Crippen molar-refractivity contribution in [1.29, 1.82) is 0 Å². The lowest BCUT2D eigenvalue weighted by atomic mass is 9.81. The molecule has 0 spiro atoms. The lowest BCUT2D eigenvalue weighted by Crippen LogP contribution is -2.30. The van der Waals surface area contributed by atoms with Crippen LogP contribution < -0.4 is 4.90 Å². The van der Waals surface area contributed by atoms with E-state index in [-0.39, 0.29) is 0 Å². The second kappa shape index (κ2) is 17.8. The van der Waals surface area contributed by atoms with E-state index in [2.05, 4.69) is 251 Å². The number of aromatic nitrogens is 5. The maximum Gasteiger partial charge on any atom is 0.240 e. The zero-order chi connectivity index (χ0) is 48.5. The molecular weight excluding hydrogens is 909 g/mol. The van der Waals surface area contributed by atoms with Crippen molar-refractivity contribution in [1.82, 2.24) is 24.1 Å². The molecule has 9 aromatic carbocycles. The molecule has 3 atom stereocenters. The highest BCUT2D eigenvalue weighted by atomic mass is 32.3. The molecule has 7 heteroatoms. The Hall–Kier alpha value is -8.26. The molecule has 2 aliphatic rings. The molecule has 6 nitrogen and oxygen atoms in total. The maximum atomic E-state index is 5.64. The summed E-state index contributed by atoms with van der Waals surface area (Å²) in [4.78, 5) is 24.6. The van der Waals surface area contributed by atoms with Gasteiger partial charge in [-0.05, 0) is 127 Å². The lowest BCUT2D eigenvalue weighted by Gasteiger charge is -2.42. The minimum atomic E-state index is -2.00. The number of rotatable bonds is 10. The smallest absolute Gasteiger partial charge is 0.240 e. The van der Waals surface area contributed by atoms with Gasteiger partial charge < -0.3 is 4.90 Å². The van der Waals surface area contributed by atoms with Crippen LogP contribution in [0.2, 0.25) is 0 Å². The van der Waals surface area contributed by atoms with Crippen LogP contribution in [0.3, 0.4) is 0 Å². The number of hydrogen-bond donors (Lipinski definition) is 0. The average Bonchev–Trinajstić information content (AvgIpc) is 4.09. The number of fused-ring (bicyclic) bond motifs is 8. The van der Waals surface area contributed by atoms with E-state index in [4.69, 9.17) is 15.0 Å². The molecule has 0 N–H and O–H groups in total. The predicted molar refractivity (Wildman–Crippen MR) is 302 cm³/mol. The van der Waals surface area contributed by atoms with Crippen LogP contribution in [0.4, 0.5) is 5.69 Å². The van der Waals surface area contributed by atoms with E-state index in [1.54, 1.807) is 0 Å². The summed E-state index contributed by atoms with van der Waals surface area (Å²) in [6.45, 7) is 3.48. The van der Waals surface area contributed by atoms with Crippen molar-refractivity contribution in [2.24, 2.45) is 11.8 Å². The Morgan fingerprint density at radius 1 is 0.411 bits per heavy atom. The van der Waals surface area contributed by atoms with E-state index < -0.39 is 10.0 Å².